The molecule has 0 spiro atoms. The Morgan fingerprint density at radius 1 is 0.225 bits per heavy atom. The largest absolute Gasteiger partial charge is 0.338 e. The van der Waals surface area contributed by atoms with Crippen LogP contribution in [0.5, 0.6) is 0 Å². The normalized spacial score (nSPS) is 12.3. The molecule has 3 heterocycles. The zero-order valence-corrected chi connectivity index (χ0v) is 44.1. The number of rotatable bonds is 13. The van der Waals surface area contributed by atoms with Crippen LogP contribution in [0.2, 0.25) is 0 Å². The van der Waals surface area contributed by atoms with Gasteiger partial charge >= 0.3 is 0 Å². The van der Waals surface area contributed by atoms with Crippen LogP contribution in [0.4, 0.5) is 56.9 Å². The molecule has 0 atom stereocenters. The van der Waals surface area contributed by atoms with Crippen LogP contribution >= 0.6 is 0 Å². The first kappa shape index (κ1) is 48.0. The maximum absolute atomic E-state index is 5.65. The van der Waals surface area contributed by atoms with Crippen molar-refractivity contribution in [1.29, 1.82) is 0 Å². The highest BCUT2D eigenvalue weighted by Gasteiger charge is 2.32. The maximum Gasteiger partial charge on any atom is 0.164 e. The highest BCUT2D eigenvalue weighted by Crippen LogP contribution is 2.53. The first-order chi connectivity index (χ1) is 39.7. The van der Waals surface area contributed by atoms with Crippen molar-refractivity contribution in [3.63, 3.8) is 0 Å². The fourth-order valence-corrected chi connectivity index (χ4v) is 11.9. The van der Waals surface area contributed by atoms with Crippen molar-refractivity contribution in [2.24, 2.45) is 0 Å². The van der Waals surface area contributed by atoms with Crippen molar-refractivity contribution < 1.29 is 0 Å². The van der Waals surface area contributed by atoms with Crippen molar-refractivity contribution in [1.82, 2.24) is 15.0 Å². The van der Waals surface area contributed by atoms with Crippen LogP contribution in [-0.4, -0.2) is 28.0 Å². The summed E-state index contributed by atoms with van der Waals surface area (Å²) in [5, 5.41) is 0. The summed E-state index contributed by atoms with van der Waals surface area (Å²) in [6.45, 7) is 1.40. The Morgan fingerprint density at radius 2 is 0.500 bits per heavy atom. The minimum absolute atomic E-state index is 0.623. The molecule has 0 saturated carbocycles. The van der Waals surface area contributed by atoms with Gasteiger partial charge in [-0.3, -0.25) is 0 Å². The Kier molecular flexibility index (Phi) is 12.7. The Labute approximate surface area is 467 Å². The second-order valence-corrected chi connectivity index (χ2v) is 20.2. The fraction of sp³-hybridized carbons (Fsp3) is 0.0548. The minimum atomic E-state index is 0.623. The number of anilines is 10. The summed E-state index contributed by atoms with van der Waals surface area (Å²) < 4.78 is 0. The zero-order chi connectivity index (χ0) is 53.2. The van der Waals surface area contributed by atoms with E-state index in [-0.39, 0.29) is 0 Å². The van der Waals surface area contributed by atoms with E-state index in [0.717, 1.165) is 95.8 Å². The predicted molar refractivity (Wildman–Crippen MR) is 331 cm³/mol. The van der Waals surface area contributed by atoms with Gasteiger partial charge in [-0.05, 0) is 119 Å². The van der Waals surface area contributed by atoms with Crippen LogP contribution in [0.25, 0.3) is 56.4 Å². The molecule has 0 radical (unpaired) electrons. The molecular weight excluding hydrogens is 975 g/mol. The monoisotopic (exact) mass is 1030 g/mol. The van der Waals surface area contributed by atoms with Crippen LogP contribution in [0.1, 0.15) is 11.1 Å². The average Bonchev–Trinajstić information content (AvgIpc) is 3.67. The van der Waals surface area contributed by atoms with Crippen LogP contribution in [0, 0.1) is 0 Å². The first-order valence-corrected chi connectivity index (χ1v) is 27.5. The molecule has 7 heteroatoms. The topological polar surface area (TPSA) is 51.6 Å². The van der Waals surface area contributed by atoms with E-state index < -0.39 is 0 Å². The van der Waals surface area contributed by atoms with E-state index in [1.807, 2.05) is 6.07 Å². The third kappa shape index (κ3) is 8.90. The smallest absolute Gasteiger partial charge is 0.164 e. The van der Waals surface area contributed by atoms with Crippen LogP contribution in [0.3, 0.4) is 0 Å². The third-order valence-electron chi connectivity index (χ3n) is 15.5. The van der Waals surface area contributed by atoms with E-state index >= 15 is 0 Å². The van der Waals surface area contributed by atoms with E-state index in [1.165, 1.54) is 11.1 Å². The number of aromatic nitrogens is 3. The molecule has 1 aromatic heterocycles. The summed E-state index contributed by atoms with van der Waals surface area (Å²) in [5.74, 6) is 1.89. The first-order valence-electron chi connectivity index (χ1n) is 27.5. The Hall–Kier alpha value is -10.4. The molecule has 0 saturated heterocycles. The van der Waals surface area contributed by atoms with Crippen molar-refractivity contribution in [3.05, 3.63) is 296 Å². The second kappa shape index (κ2) is 21.2. The molecule has 0 aliphatic carbocycles. The summed E-state index contributed by atoms with van der Waals surface area (Å²) in [7, 11) is 0. The molecule has 382 valence electrons. The highest BCUT2D eigenvalue weighted by atomic mass is 15.3. The van der Waals surface area contributed by atoms with Gasteiger partial charge in [-0.1, -0.05) is 212 Å². The molecule has 14 rings (SSSR count). The minimum Gasteiger partial charge on any atom is -0.338 e. The van der Waals surface area contributed by atoms with Gasteiger partial charge < -0.3 is 19.6 Å². The summed E-state index contributed by atoms with van der Waals surface area (Å²) in [6.07, 6.45) is 1.40. The Balaban J connectivity index is 0.909. The van der Waals surface area contributed by atoms with Gasteiger partial charge in [0.2, 0.25) is 0 Å². The summed E-state index contributed by atoms with van der Waals surface area (Å²) >= 11 is 0. The van der Waals surface area contributed by atoms with Gasteiger partial charge in [-0.15, -0.1) is 0 Å². The molecule has 12 aromatic rings. The molecular formula is C73H55N7. The maximum atomic E-state index is 5.65. The molecule has 0 unspecified atom stereocenters. The van der Waals surface area contributed by atoms with E-state index in [4.69, 9.17) is 15.0 Å². The molecule has 0 bridgehead atoms. The van der Waals surface area contributed by atoms with Gasteiger partial charge in [-0.25, -0.2) is 15.0 Å². The van der Waals surface area contributed by atoms with Crippen LogP contribution in [-0.2, 0) is 12.8 Å². The van der Waals surface area contributed by atoms with Crippen LogP contribution in [0.15, 0.2) is 285 Å². The zero-order valence-electron chi connectivity index (χ0n) is 44.1. The standard InChI is InChI=1S/C73H55N7/c1-6-26-52(27-7-1)57-36-24-38-61(59(57)48-50-77-63-40-16-20-44-67(63)79(55-32-12-4-13-33-55)68-45-21-17-41-64(68)77)72-74-71(54-30-10-3-11-31-54)75-73(76-72)62-39-25-37-58(53-28-8-2-9-29-53)60(62)49-51-78-65-42-18-22-46-69(65)80(56-34-14-5-15-35-56)70-47-23-19-43-66(70)78/h1-47H,48-51H2. The molecule has 11 aromatic carbocycles. The summed E-state index contributed by atoms with van der Waals surface area (Å²) in [4.78, 5) is 26.3. The van der Waals surface area contributed by atoms with Crippen molar-refractivity contribution >= 4 is 56.9 Å². The molecule has 2 aliphatic rings. The second-order valence-electron chi connectivity index (χ2n) is 20.2. The quantitative estimate of drug-likeness (QED) is 0.114. The highest BCUT2D eigenvalue weighted by molar-refractivity contribution is 5.99. The lowest BCUT2D eigenvalue weighted by atomic mass is 9.91. The average molecular weight is 1030 g/mol. The van der Waals surface area contributed by atoms with Crippen molar-refractivity contribution in [2.45, 2.75) is 12.8 Å². The number of hydrogen-bond acceptors (Lipinski definition) is 7. The number of fused-ring (bicyclic) bond motifs is 4. The molecule has 0 amide bonds. The van der Waals surface area contributed by atoms with E-state index in [9.17, 15) is 0 Å². The number of para-hydroxylation sites is 10. The van der Waals surface area contributed by atoms with Crippen molar-refractivity contribution in [2.75, 3.05) is 32.7 Å². The molecule has 2 aliphatic heterocycles. The number of benzene rings is 11. The number of nitrogens with zero attached hydrogens (tertiary/aromatic N) is 7. The summed E-state index contributed by atoms with van der Waals surface area (Å²) in [6, 6.07) is 101. The lowest BCUT2D eigenvalue weighted by Gasteiger charge is -2.40. The Bertz CT molecular complexity index is 3810. The van der Waals surface area contributed by atoms with Gasteiger partial charge in [0, 0.05) is 41.2 Å². The Morgan fingerprint density at radius 3 is 0.850 bits per heavy atom. The molecule has 7 nitrogen and oxygen atoms in total. The van der Waals surface area contributed by atoms with Gasteiger partial charge in [-0.2, -0.15) is 0 Å². The lowest BCUT2D eigenvalue weighted by molar-refractivity contribution is 0.901. The van der Waals surface area contributed by atoms with Gasteiger partial charge in [0.05, 0.1) is 45.5 Å². The van der Waals surface area contributed by atoms with E-state index in [2.05, 4.69) is 299 Å². The van der Waals surface area contributed by atoms with Crippen LogP contribution < -0.4 is 19.6 Å². The predicted octanol–water partition coefficient (Wildman–Crippen LogP) is 18.5. The summed E-state index contributed by atoms with van der Waals surface area (Å²) in [5.41, 5.74) is 21.2. The third-order valence-corrected chi connectivity index (χ3v) is 15.5. The molecule has 0 N–H and O–H groups in total. The molecule has 80 heavy (non-hydrogen) atoms. The van der Waals surface area contributed by atoms with Gasteiger partial charge in [0.25, 0.3) is 0 Å². The SMILES string of the molecule is c1ccc(-c2nc(-c3cccc(-c4ccccc4)c3CCN3c4ccccc4N(c4ccccc4)c4ccccc43)nc(-c3cccc(-c4ccccc4)c3CCN3c4ccccc4N(c4ccccc4)c4ccccc43)n2)cc1. The fourth-order valence-electron chi connectivity index (χ4n) is 11.9. The van der Waals surface area contributed by atoms with E-state index in [0.29, 0.717) is 43.4 Å². The van der Waals surface area contributed by atoms with Gasteiger partial charge in [0.15, 0.2) is 17.5 Å². The number of hydrogen-bond donors (Lipinski definition) is 0. The molecule has 0 fully saturated rings. The van der Waals surface area contributed by atoms with E-state index in [1.54, 1.807) is 0 Å². The van der Waals surface area contributed by atoms with Crippen molar-refractivity contribution in [3.8, 4) is 56.4 Å². The van der Waals surface area contributed by atoms with Gasteiger partial charge in [0.1, 0.15) is 0 Å². The lowest BCUT2D eigenvalue weighted by Crippen LogP contribution is -2.29.